The molecule has 2 aromatic rings. The quantitative estimate of drug-likeness (QED) is 0.820. The van der Waals surface area contributed by atoms with Gasteiger partial charge >= 0.3 is 0 Å². The highest BCUT2D eigenvalue weighted by molar-refractivity contribution is 6.30. The minimum Gasteiger partial charge on any atom is -0.379 e. The lowest BCUT2D eigenvalue weighted by atomic mass is 9.79. The SMILES string of the molecule is COC1(C)CCC(c2nnc3n2-c2ccc(Cl)cc2CC(NC(C)C)C3)CC1. The fraction of sp³-hybridized carbons (Fsp3) is 0.636. The lowest BCUT2D eigenvalue weighted by Crippen LogP contribution is -2.37. The minimum absolute atomic E-state index is 0.00412. The molecule has 1 atom stereocenters. The fourth-order valence-electron chi connectivity index (χ4n) is 4.76. The Bertz CT molecular complexity index is 839. The van der Waals surface area contributed by atoms with Gasteiger partial charge in [0.25, 0.3) is 0 Å². The maximum absolute atomic E-state index is 6.35. The topological polar surface area (TPSA) is 52.0 Å². The first-order valence-corrected chi connectivity index (χ1v) is 10.8. The predicted octanol–water partition coefficient (Wildman–Crippen LogP) is 4.45. The summed E-state index contributed by atoms with van der Waals surface area (Å²) in [5, 5.41) is 13.8. The number of hydrogen-bond acceptors (Lipinski definition) is 4. The molecular formula is C22H31ClN4O. The van der Waals surface area contributed by atoms with E-state index < -0.39 is 0 Å². The third-order valence-electron chi connectivity index (χ3n) is 6.40. The van der Waals surface area contributed by atoms with E-state index in [0.717, 1.165) is 55.2 Å². The maximum atomic E-state index is 6.35. The zero-order valence-corrected chi connectivity index (χ0v) is 18.1. The van der Waals surface area contributed by atoms with E-state index in [9.17, 15) is 0 Å². The standard InChI is InChI=1S/C22H31ClN4O/c1-14(2)24-18-12-16-11-17(23)5-6-19(16)27-20(13-18)25-26-21(27)15-7-9-22(3,28-4)10-8-15/h5-6,11,14-15,18,24H,7-10,12-13H2,1-4H3. The van der Waals surface area contributed by atoms with Crippen LogP contribution in [0.1, 0.15) is 69.6 Å². The van der Waals surface area contributed by atoms with Crippen molar-refractivity contribution in [3.8, 4) is 5.69 Å². The van der Waals surface area contributed by atoms with E-state index in [1.54, 1.807) is 0 Å². The number of benzene rings is 1. The summed E-state index contributed by atoms with van der Waals surface area (Å²) in [6.45, 7) is 6.59. The highest BCUT2D eigenvalue weighted by Gasteiger charge is 2.35. The lowest BCUT2D eigenvalue weighted by molar-refractivity contribution is -0.0277. The van der Waals surface area contributed by atoms with Gasteiger partial charge in [-0.3, -0.25) is 4.57 Å². The molecule has 1 aromatic heterocycles. The van der Waals surface area contributed by atoms with E-state index in [4.69, 9.17) is 16.3 Å². The second kappa shape index (κ2) is 7.77. The molecule has 1 N–H and O–H groups in total. The number of methoxy groups -OCH3 is 1. The van der Waals surface area contributed by atoms with Crippen molar-refractivity contribution in [1.29, 1.82) is 0 Å². The number of fused-ring (bicyclic) bond motifs is 3. The Kier molecular flexibility index (Phi) is 5.51. The van der Waals surface area contributed by atoms with Gasteiger partial charge in [-0.15, -0.1) is 10.2 Å². The molecule has 1 aliphatic carbocycles. The third-order valence-corrected chi connectivity index (χ3v) is 6.64. The first-order valence-electron chi connectivity index (χ1n) is 10.4. The highest BCUT2D eigenvalue weighted by Crippen LogP contribution is 2.40. The van der Waals surface area contributed by atoms with Crippen molar-refractivity contribution in [2.24, 2.45) is 0 Å². The summed E-state index contributed by atoms with van der Waals surface area (Å²) in [6.07, 6.45) is 6.10. The van der Waals surface area contributed by atoms with Gasteiger partial charge in [0, 0.05) is 36.6 Å². The van der Waals surface area contributed by atoms with Crippen LogP contribution in [0.15, 0.2) is 18.2 Å². The van der Waals surface area contributed by atoms with Gasteiger partial charge in [-0.1, -0.05) is 25.4 Å². The summed E-state index contributed by atoms with van der Waals surface area (Å²) in [4.78, 5) is 0. The summed E-state index contributed by atoms with van der Waals surface area (Å²) in [7, 11) is 1.82. The zero-order chi connectivity index (χ0) is 19.9. The van der Waals surface area contributed by atoms with Gasteiger partial charge in [0.05, 0.1) is 11.3 Å². The van der Waals surface area contributed by atoms with Gasteiger partial charge in [-0.2, -0.15) is 0 Å². The highest BCUT2D eigenvalue weighted by atomic mass is 35.5. The molecule has 152 valence electrons. The Labute approximate surface area is 172 Å². The largest absolute Gasteiger partial charge is 0.379 e. The maximum Gasteiger partial charge on any atom is 0.140 e. The molecular weight excluding hydrogens is 372 g/mol. The molecule has 1 aromatic carbocycles. The van der Waals surface area contributed by atoms with Crippen molar-refractivity contribution in [2.75, 3.05) is 7.11 Å². The van der Waals surface area contributed by atoms with Crippen LogP contribution in [0.3, 0.4) is 0 Å². The second-order valence-corrected chi connectivity index (χ2v) is 9.37. The lowest BCUT2D eigenvalue weighted by Gasteiger charge is -2.36. The number of nitrogens with zero attached hydrogens (tertiary/aromatic N) is 3. The Balaban J connectivity index is 1.71. The van der Waals surface area contributed by atoms with Gasteiger partial charge in [-0.25, -0.2) is 0 Å². The smallest absolute Gasteiger partial charge is 0.140 e. The summed E-state index contributed by atoms with van der Waals surface area (Å²) >= 11 is 6.35. The first-order chi connectivity index (χ1) is 13.4. The monoisotopic (exact) mass is 402 g/mol. The third kappa shape index (κ3) is 3.85. The average molecular weight is 403 g/mol. The molecule has 5 nitrogen and oxygen atoms in total. The van der Waals surface area contributed by atoms with Gasteiger partial charge in [0.1, 0.15) is 11.6 Å². The molecule has 0 bridgehead atoms. The minimum atomic E-state index is -0.00412. The fourth-order valence-corrected chi connectivity index (χ4v) is 4.96. The molecule has 2 heterocycles. The van der Waals surface area contributed by atoms with Crippen LogP contribution in [-0.2, 0) is 17.6 Å². The van der Waals surface area contributed by atoms with Crippen LogP contribution in [0.4, 0.5) is 0 Å². The van der Waals surface area contributed by atoms with Crippen LogP contribution in [-0.4, -0.2) is 39.6 Å². The van der Waals surface area contributed by atoms with E-state index in [-0.39, 0.29) is 5.60 Å². The molecule has 28 heavy (non-hydrogen) atoms. The molecule has 4 rings (SSSR count). The molecule has 0 amide bonds. The molecule has 1 unspecified atom stereocenters. The summed E-state index contributed by atoms with van der Waals surface area (Å²) in [6, 6.07) is 6.97. The van der Waals surface area contributed by atoms with Crippen LogP contribution < -0.4 is 5.32 Å². The number of rotatable bonds is 4. The Morgan fingerprint density at radius 1 is 1.21 bits per heavy atom. The summed E-state index contributed by atoms with van der Waals surface area (Å²) in [5.41, 5.74) is 2.45. The number of hydrogen-bond donors (Lipinski definition) is 1. The van der Waals surface area contributed by atoms with Crippen LogP contribution in [0.5, 0.6) is 0 Å². The molecule has 0 radical (unpaired) electrons. The van der Waals surface area contributed by atoms with E-state index in [0.29, 0.717) is 18.0 Å². The molecule has 1 fully saturated rings. The van der Waals surface area contributed by atoms with Crippen LogP contribution in [0, 0.1) is 0 Å². The van der Waals surface area contributed by atoms with Crippen molar-refractivity contribution in [3.05, 3.63) is 40.4 Å². The Hall–Kier alpha value is -1.43. The molecule has 6 heteroatoms. The number of nitrogens with one attached hydrogen (secondary N) is 1. The van der Waals surface area contributed by atoms with Crippen LogP contribution >= 0.6 is 11.6 Å². The van der Waals surface area contributed by atoms with E-state index in [1.807, 2.05) is 13.2 Å². The van der Waals surface area contributed by atoms with E-state index in [2.05, 4.69) is 53.0 Å². The van der Waals surface area contributed by atoms with Gasteiger partial charge in [0.15, 0.2) is 0 Å². The van der Waals surface area contributed by atoms with E-state index >= 15 is 0 Å². The van der Waals surface area contributed by atoms with E-state index in [1.165, 1.54) is 11.3 Å². The van der Waals surface area contributed by atoms with Gasteiger partial charge < -0.3 is 10.1 Å². The number of halogens is 1. The van der Waals surface area contributed by atoms with Gasteiger partial charge in [0.2, 0.25) is 0 Å². The normalized spacial score (nSPS) is 27.4. The van der Waals surface area contributed by atoms with Crippen molar-refractivity contribution < 1.29 is 4.74 Å². The Morgan fingerprint density at radius 3 is 2.64 bits per heavy atom. The summed E-state index contributed by atoms with van der Waals surface area (Å²) in [5.74, 6) is 2.57. The van der Waals surface area contributed by atoms with Crippen molar-refractivity contribution >= 4 is 11.6 Å². The predicted molar refractivity (Wildman–Crippen MR) is 112 cm³/mol. The van der Waals surface area contributed by atoms with Crippen LogP contribution in [0.2, 0.25) is 5.02 Å². The number of ether oxygens (including phenoxy) is 1. The molecule has 1 saturated carbocycles. The molecule has 0 saturated heterocycles. The van der Waals surface area contributed by atoms with Crippen molar-refractivity contribution in [2.45, 2.75) is 82.9 Å². The summed E-state index contributed by atoms with van der Waals surface area (Å²) < 4.78 is 8.04. The zero-order valence-electron chi connectivity index (χ0n) is 17.3. The Morgan fingerprint density at radius 2 is 1.96 bits per heavy atom. The number of aromatic nitrogens is 3. The first kappa shape index (κ1) is 19.9. The van der Waals surface area contributed by atoms with Crippen molar-refractivity contribution in [3.63, 3.8) is 0 Å². The van der Waals surface area contributed by atoms with Crippen LogP contribution in [0.25, 0.3) is 5.69 Å². The second-order valence-electron chi connectivity index (χ2n) is 8.94. The molecule has 1 aliphatic heterocycles. The molecule has 0 spiro atoms. The molecule has 2 aliphatic rings. The van der Waals surface area contributed by atoms with Crippen molar-refractivity contribution in [1.82, 2.24) is 20.1 Å². The van der Waals surface area contributed by atoms with Gasteiger partial charge in [-0.05, 0) is 62.8 Å². The average Bonchev–Trinajstić information content (AvgIpc) is 2.99.